The predicted octanol–water partition coefficient (Wildman–Crippen LogP) is 1.93. The normalized spacial score (nSPS) is 21.9. The molecule has 2 heterocycles. The van der Waals surface area contributed by atoms with E-state index in [4.69, 9.17) is 13.8 Å². The van der Waals surface area contributed by atoms with Crippen molar-refractivity contribution in [1.82, 2.24) is 9.55 Å². The molecule has 9 nitrogen and oxygen atoms in total. The molecule has 0 aliphatic carbocycles. The van der Waals surface area contributed by atoms with Crippen LogP contribution >= 0.6 is 7.82 Å². The molecule has 0 saturated carbocycles. The first-order valence-corrected chi connectivity index (χ1v) is 9.66. The maximum Gasteiger partial charge on any atom is 0.472 e. The number of aromatic amines is 1. The van der Waals surface area contributed by atoms with Crippen molar-refractivity contribution in [3.8, 4) is 0 Å². The molecule has 1 saturated heterocycles. The summed E-state index contributed by atoms with van der Waals surface area (Å²) in [5.74, 6) is -1.10. The zero-order chi connectivity index (χ0) is 19.4. The van der Waals surface area contributed by atoms with Crippen LogP contribution in [0.25, 0.3) is 0 Å². The number of phosphoric ester groups is 1. The van der Waals surface area contributed by atoms with E-state index < -0.39 is 37.2 Å². The van der Waals surface area contributed by atoms with Crippen LogP contribution in [-0.4, -0.2) is 27.2 Å². The van der Waals surface area contributed by atoms with Crippen molar-refractivity contribution in [2.45, 2.75) is 31.8 Å². The second-order valence-electron chi connectivity index (χ2n) is 5.96. The number of benzene rings is 1. The molecule has 1 unspecified atom stereocenters. The van der Waals surface area contributed by atoms with Crippen molar-refractivity contribution in [1.29, 1.82) is 0 Å². The molecule has 148 valence electrons. The maximum atomic E-state index is 13.4. The number of phosphoric acid groups is 1. The van der Waals surface area contributed by atoms with Crippen LogP contribution in [0.3, 0.4) is 0 Å². The van der Waals surface area contributed by atoms with E-state index >= 15 is 0 Å². The number of rotatable bonds is 7. The average molecular weight is 402 g/mol. The Morgan fingerprint density at radius 3 is 2.78 bits per heavy atom. The topological polar surface area (TPSA) is 120 Å². The summed E-state index contributed by atoms with van der Waals surface area (Å²) < 4.78 is 41.6. The van der Waals surface area contributed by atoms with E-state index in [2.05, 4.69) is 0 Å². The minimum Gasteiger partial charge on any atom is -0.352 e. The van der Waals surface area contributed by atoms with Gasteiger partial charge in [0.15, 0.2) is 0 Å². The van der Waals surface area contributed by atoms with Gasteiger partial charge in [-0.15, -0.1) is 0 Å². The van der Waals surface area contributed by atoms with E-state index in [0.717, 1.165) is 10.8 Å². The number of halogens is 1. The van der Waals surface area contributed by atoms with Gasteiger partial charge in [0, 0.05) is 1.43 Å². The quantitative estimate of drug-likeness (QED) is 0.679. The van der Waals surface area contributed by atoms with Crippen LogP contribution in [0.15, 0.2) is 46.1 Å². The van der Waals surface area contributed by atoms with Crippen molar-refractivity contribution >= 4 is 7.82 Å². The van der Waals surface area contributed by atoms with Crippen LogP contribution < -0.4 is 11.2 Å². The third kappa shape index (κ3) is 5.21. The zero-order valence-corrected chi connectivity index (χ0v) is 15.0. The number of nitrogens with zero attached hydrogens (tertiary/aromatic N) is 1. The molecule has 1 aliphatic rings. The number of ether oxygens (including phenoxy) is 1. The Balaban J connectivity index is 0.00000280. The molecule has 2 aromatic rings. The van der Waals surface area contributed by atoms with E-state index in [1.165, 1.54) is 0 Å². The molecule has 1 fully saturated rings. The van der Waals surface area contributed by atoms with Gasteiger partial charge in [0.25, 0.3) is 5.56 Å². The SMILES string of the molecule is O=c1[nH]c(=O)n([C@H]2CC[C@@H](COP(=O)(O)OCc3ccccc3)O2)cc1F.[HH]. The third-order valence-electron chi connectivity index (χ3n) is 3.98. The summed E-state index contributed by atoms with van der Waals surface area (Å²) in [7, 11) is -4.28. The highest BCUT2D eigenvalue weighted by Gasteiger charge is 2.31. The first-order chi connectivity index (χ1) is 12.8. The van der Waals surface area contributed by atoms with Crippen molar-refractivity contribution in [3.63, 3.8) is 0 Å². The molecular formula is C16H20FN2O7P. The number of hydrogen-bond acceptors (Lipinski definition) is 6. The Kier molecular flexibility index (Phi) is 6.03. The van der Waals surface area contributed by atoms with E-state index in [-0.39, 0.29) is 14.6 Å². The number of H-pyrrole nitrogens is 1. The highest BCUT2D eigenvalue weighted by atomic mass is 31.2. The number of nitrogens with one attached hydrogen (secondary N) is 1. The van der Waals surface area contributed by atoms with Gasteiger partial charge in [-0.1, -0.05) is 30.3 Å². The fourth-order valence-electron chi connectivity index (χ4n) is 2.63. The average Bonchev–Trinajstić information content (AvgIpc) is 3.11. The standard InChI is InChI=1S/C16H18FN2O7P.H2/c17-13-8-19(16(21)18-15(13)20)14-7-6-12(26-14)10-25-27(22,23)24-9-11-4-2-1-3-5-11;/h1-5,8,12,14H,6-7,9-10H2,(H,22,23)(H,18,20,21);1H/t12-,14+;/m0./s1. The summed E-state index contributed by atoms with van der Waals surface area (Å²) in [6.45, 7) is -0.325. The Morgan fingerprint density at radius 2 is 2.04 bits per heavy atom. The largest absolute Gasteiger partial charge is 0.472 e. The van der Waals surface area contributed by atoms with Gasteiger partial charge in [-0.3, -0.25) is 23.4 Å². The monoisotopic (exact) mass is 402 g/mol. The smallest absolute Gasteiger partial charge is 0.352 e. The molecule has 0 amide bonds. The first-order valence-electron chi connectivity index (χ1n) is 8.16. The highest BCUT2D eigenvalue weighted by molar-refractivity contribution is 7.47. The summed E-state index contributed by atoms with van der Waals surface area (Å²) in [5.41, 5.74) is -1.19. The molecule has 0 radical (unpaired) electrons. The van der Waals surface area contributed by atoms with E-state index in [9.17, 15) is 23.4 Å². The van der Waals surface area contributed by atoms with Gasteiger partial charge in [-0.25, -0.2) is 9.36 Å². The van der Waals surface area contributed by atoms with Crippen LogP contribution in [-0.2, 0) is 25.0 Å². The summed E-state index contributed by atoms with van der Waals surface area (Å²) in [5, 5.41) is 0. The molecule has 0 bridgehead atoms. The number of hydrogen-bond donors (Lipinski definition) is 2. The van der Waals surface area contributed by atoms with Crippen molar-refractivity contribution in [2.24, 2.45) is 0 Å². The van der Waals surface area contributed by atoms with Gasteiger partial charge >= 0.3 is 13.5 Å². The minimum atomic E-state index is -4.28. The predicted molar refractivity (Wildman–Crippen MR) is 93.5 cm³/mol. The van der Waals surface area contributed by atoms with Crippen molar-refractivity contribution in [2.75, 3.05) is 6.61 Å². The lowest BCUT2D eigenvalue weighted by atomic mass is 10.2. The zero-order valence-electron chi connectivity index (χ0n) is 14.1. The van der Waals surface area contributed by atoms with Crippen LogP contribution in [0.5, 0.6) is 0 Å². The molecule has 1 aromatic carbocycles. The fourth-order valence-corrected chi connectivity index (χ4v) is 3.37. The second-order valence-corrected chi connectivity index (χ2v) is 7.41. The molecule has 11 heteroatoms. The van der Waals surface area contributed by atoms with Gasteiger partial charge in [-0.05, 0) is 18.4 Å². The molecule has 3 rings (SSSR count). The Morgan fingerprint density at radius 1 is 1.30 bits per heavy atom. The molecule has 2 N–H and O–H groups in total. The Labute approximate surface area is 154 Å². The lowest BCUT2D eigenvalue weighted by Gasteiger charge is -2.17. The van der Waals surface area contributed by atoms with Gasteiger partial charge in [0.1, 0.15) is 6.23 Å². The summed E-state index contributed by atoms with van der Waals surface area (Å²) >= 11 is 0. The molecule has 0 spiro atoms. The fraction of sp³-hybridized carbons (Fsp3) is 0.375. The van der Waals surface area contributed by atoms with E-state index in [1.807, 2.05) is 11.1 Å². The van der Waals surface area contributed by atoms with Gasteiger partial charge in [-0.2, -0.15) is 4.39 Å². The van der Waals surface area contributed by atoms with Gasteiger partial charge < -0.3 is 9.63 Å². The highest BCUT2D eigenvalue weighted by Crippen LogP contribution is 2.45. The van der Waals surface area contributed by atoms with Crippen LogP contribution in [0.2, 0.25) is 0 Å². The third-order valence-corrected chi connectivity index (χ3v) is 4.91. The van der Waals surface area contributed by atoms with Crippen LogP contribution in [0, 0.1) is 5.82 Å². The lowest BCUT2D eigenvalue weighted by molar-refractivity contribution is -0.0267. The minimum absolute atomic E-state index is 0. The van der Waals surface area contributed by atoms with E-state index in [0.29, 0.717) is 18.4 Å². The summed E-state index contributed by atoms with van der Waals surface area (Å²) in [6.07, 6.45) is 0.143. The van der Waals surface area contributed by atoms with Crippen molar-refractivity contribution in [3.05, 3.63) is 68.7 Å². The molecule has 27 heavy (non-hydrogen) atoms. The summed E-state index contributed by atoms with van der Waals surface area (Å²) in [6, 6.07) is 8.84. The van der Waals surface area contributed by atoms with Crippen LogP contribution in [0.4, 0.5) is 4.39 Å². The second kappa shape index (κ2) is 8.28. The molecule has 1 aromatic heterocycles. The lowest BCUT2D eigenvalue weighted by Crippen LogP contribution is -2.34. The molecule has 1 aliphatic heterocycles. The van der Waals surface area contributed by atoms with Gasteiger partial charge in [0.2, 0.25) is 5.82 Å². The molecular weight excluding hydrogens is 382 g/mol. The Bertz CT molecular complexity index is 952. The first kappa shape index (κ1) is 19.7. The van der Waals surface area contributed by atoms with Crippen LogP contribution in [0.1, 0.15) is 26.1 Å². The molecule has 3 atom stereocenters. The Hall–Kier alpha value is -2.10. The summed E-state index contributed by atoms with van der Waals surface area (Å²) in [4.78, 5) is 34.4. The van der Waals surface area contributed by atoms with E-state index in [1.54, 1.807) is 24.3 Å². The maximum absolute atomic E-state index is 13.4. The number of aromatic nitrogens is 2. The van der Waals surface area contributed by atoms with Gasteiger partial charge in [0.05, 0.1) is 25.5 Å². The van der Waals surface area contributed by atoms with Crippen molar-refractivity contribution < 1.29 is 29.1 Å².